The minimum Gasteiger partial charge on any atom is -0.310 e. The molecule has 6 heteroatoms. The fourth-order valence-corrected chi connectivity index (χ4v) is 1.84. The Morgan fingerprint density at radius 1 is 1.39 bits per heavy atom. The van der Waals surface area contributed by atoms with Crippen molar-refractivity contribution in [3.8, 4) is 5.82 Å². The van der Waals surface area contributed by atoms with E-state index in [-0.39, 0.29) is 11.8 Å². The summed E-state index contributed by atoms with van der Waals surface area (Å²) in [5.41, 5.74) is 0. The van der Waals surface area contributed by atoms with E-state index in [1.165, 1.54) is 6.33 Å². The topological polar surface area (TPSA) is 72.7 Å². The Labute approximate surface area is 104 Å². The van der Waals surface area contributed by atoms with Crippen LogP contribution in [-0.2, 0) is 4.79 Å². The SMILES string of the molecule is O=C(Nc1cc(-n2cccn2)ncn1)C1CCC1. The van der Waals surface area contributed by atoms with Gasteiger partial charge in [0.25, 0.3) is 0 Å². The minimum absolute atomic E-state index is 0.0476. The molecule has 3 rings (SSSR count). The molecule has 1 amide bonds. The van der Waals surface area contributed by atoms with Crippen LogP contribution >= 0.6 is 0 Å². The number of aromatic nitrogens is 4. The summed E-state index contributed by atoms with van der Waals surface area (Å²) in [6.45, 7) is 0. The summed E-state index contributed by atoms with van der Waals surface area (Å²) in [4.78, 5) is 20.0. The van der Waals surface area contributed by atoms with Crippen LogP contribution in [0.5, 0.6) is 0 Å². The molecule has 0 spiro atoms. The molecule has 2 heterocycles. The van der Waals surface area contributed by atoms with E-state index in [0.717, 1.165) is 19.3 Å². The summed E-state index contributed by atoms with van der Waals surface area (Å²) in [6.07, 6.45) is 7.98. The molecule has 0 atom stereocenters. The van der Waals surface area contributed by atoms with Crippen molar-refractivity contribution in [2.24, 2.45) is 5.92 Å². The summed E-state index contributed by atoms with van der Waals surface area (Å²) in [5.74, 6) is 1.35. The van der Waals surface area contributed by atoms with Crippen molar-refractivity contribution in [2.45, 2.75) is 19.3 Å². The first-order valence-electron chi connectivity index (χ1n) is 5.96. The van der Waals surface area contributed by atoms with Crippen molar-refractivity contribution in [1.29, 1.82) is 0 Å². The van der Waals surface area contributed by atoms with Crippen molar-refractivity contribution in [3.05, 3.63) is 30.9 Å². The molecule has 0 saturated heterocycles. The molecule has 0 bridgehead atoms. The molecular weight excluding hydrogens is 230 g/mol. The number of nitrogens with one attached hydrogen (secondary N) is 1. The van der Waals surface area contributed by atoms with Crippen molar-refractivity contribution in [1.82, 2.24) is 19.7 Å². The first-order valence-corrected chi connectivity index (χ1v) is 5.96. The third-order valence-corrected chi connectivity index (χ3v) is 3.12. The van der Waals surface area contributed by atoms with Gasteiger partial charge in [-0.3, -0.25) is 4.79 Å². The van der Waals surface area contributed by atoms with Crippen LogP contribution in [-0.4, -0.2) is 25.7 Å². The summed E-state index contributed by atoms with van der Waals surface area (Å²) < 4.78 is 1.63. The molecule has 1 saturated carbocycles. The van der Waals surface area contributed by atoms with Gasteiger partial charge in [0.15, 0.2) is 5.82 Å². The fraction of sp³-hybridized carbons (Fsp3) is 0.333. The molecule has 0 aromatic carbocycles. The maximum atomic E-state index is 11.8. The van der Waals surface area contributed by atoms with E-state index in [4.69, 9.17) is 0 Å². The van der Waals surface area contributed by atoms with Gasteiger partial charge in [0, 0.05) is 24.4 Å². The Morgan fingerprint density at radius 3 is 2.94 bits per heavy atom. The van der Waals surface area contributed by atoms with Crippen LogP contribution in [0.3, 0.4) is 0 Å². The highest BCUT2D eigenvalue weighted by molar-refractivity contribution is 5.92. The average molecular weight is 243 g/mol. The van der Waals surface area contributed by atoms with E-state index >= 15 is 0 Å². The third kappa shape index (κ3) is 2.09. The van der Waals surface area contributed by atoms with Gasteiger partial charge in [-0.05, 0) is 18.9 Å². The molecule has 2 aromatic heterocycles. The molecule has 0 radical (unpaired) electrons. The number of anilines is 1. The largest absolute Gasteiger partial charge is 0.310 e. The number of nitrogens with zero attached hydrogens (tertiary/aromatic N) is 4. The second kappa shape index (κ2) is 4.56. The molecule has 1 aliphatic carbocycles. The lowest BCUT2D eigenvalue weighted by Gasteiger charge is -2.23. The molecule has 1 aliphatic rings. The van der Waals surface area contributed by atoms with Crippen LogP contribution in [0, 0.1) is 5.92 Å². The smallest absolute Gasteiger partial charge is 0.228 e. The third-order valence-electron chi connectivity index (χ3n) is 3.12. The van der Waals surface area contributed by atoms with Gasteiger partial charge in [-0.1, -0.05) is 6.42 Å². The molecule has 1 N–H and O–H groups in total. The number of rotatable bonds is 3. The molecule has 6 nitrogen and oxygen atoms in total. The van der Waals surface area contributed by atoms with Crippen LogP contribution in [0.2, 0.25) is 0 Å². The minimum atomic E-state index is 0.0476. The van der Waals surface area contributed by atoms with Gasteiger partial charge >= 0.3 is 0 Å². The lowest BCUT2D eigenvalue weighted by Crippen LogP contribution is -2.28. The maximum Gasteiger partial charge on any atom is 0.228 e. The van der Waals surface area contributed by atoms with Gasteiger partial charge in [0.2, 0.25) is 5.91 Å². The molecule has 0 aliphatic heterocycles. The highest BCUT2D eigenvalue weighted by atomic mass is 16.2. The van der Waals surface area contributed by atoms with E-state index in [9.17, 15) is 4.79 Å². The number of carbonyl (C=O) groups is 1. The van der Waals surface area contributed by atoms with E-state index in [1.54, 1.807) is 23.1 Å². The van der Waals surface area contributed by atoms with Gasteiger partial charge < -0.3 is 5.32 Å². The zero-order valence-electron chi connectivity index (χ0n) is 9.78. The van der Waals surface area contributed by atoms with Crippen molar-refractivity contribution < 1.29 is 4.79 Å². The first-order chi connectivity index (χ1) is 8.83. The highest BCUT2D eigenvalue weighted by Gasteiger charge is 2.25. The van der Waals surface area contributed by atoms with Gasteiger partial charge in [0.1, 0.15) is 12.1 Å². The van der Waals surface area contributed by atoms with Crippen LogP contribution in [0.15, 0.2) is 30.9 Å². The standard InChI is InChI=1S/C12H13N5O/c18-12(9-3-1-4-9)16-10-7-11(14-8-13-10)17-6-2-5-15-17/h2,5-9H,1,3-4H2,(H,13,14,16,18). The second-order valence-electron chi connectivity index (χ2n) is 4.33. The molecular formula is C12H13N5O. The summed E-state index contributed by atoms with van der Waals surface area (Å²) in [6, 6.07) is 3.53. The Morgan fingerprint density at radius 2 is 2.28 bits per heavy atom. The van der Waals surface area contributed by atoms with E-state index in [1.807, 2.05) is 6.07 Å². The molecule has 18 heavy (non-hydrogen) atoms. The zero-order chi connectivity index (χ0) is 12.4. The Bertz CT molecular complexity index is 547. The average Bonchev–Trinajstić information content (AvgIpc) is 2.80. The molecule has 92 valence electrons. The van der Waals surface area contributed by atoms with E-state index < -0.39 is 0 Å². The van der Waals surface area contributed by atoms with Crippen molar-refractivity contribution in [3.63, 3.8) is 0 Å². The van der Waals surface area contributed by atoms with E-state index in [0.29, 0.717) is 11.6 Å². The normalized spacial score (nSPS) is 15.1. The van der Waals surface area contributed by atoms with Gasteiger partial charge in [-0.25, -0.2) is 14.6 Å². The number of hydrogen-bond donors (Lipinski definition) is 1. The van der Waals surface area contributed by atoms with Crippen molar-refractivity contribution >= 4 is 11.7 Å². The molecule has 0 unspecified atom stereocenters. The second-order valence-corrected chi connectivity index (χ2v) is 4.33. The fourth-order valence-electron chi connectivity index (χ4n) is 1.84. The van der Waals surface area contributed by atoms with Crippen LogP contribution in [0.25, 0.3) is 5.82 Å². The number of carbonyl (C=O) groups excluding carboxylic acids is 1. The quantitative estimate of drug-likeness (QED) is 0.884. The predicted molar refractivity (Wildman–Crippen MR) is 65.1 cm³/mol. The van der Waals surface area contributed by atoms with Crippen LogP contribution in [0.1, 0.15) is 19.3 Å². The van der Waals surface area contributed by atoms with Gasteiger partial charge in [0.05, 0.1) is 0 Å². The monoisotopic (exact) mass is 243 g/mol. The maximum absolute atomic E-state index is 11.8. The lowest BCUT2D eigenvalue weighted by molar-refractivity contribution is -0.122. The van der Waals surface area contributed by atoms with Gasteiger partial charge in [-0.2, -0.15) is 5.10 Å². The number of amides is 1. The van der Waals surface area contributed by atoms with Crippen LogP contribution in [0.4, 0.5) is 5.82 Å². The first kappa shape index (κ1) is 10.9. The summed E-state index contributed by atoms with van der Waals surface area (Å²) >= 11 is 0. The van der Waals surface area contributed by atoms with Crippen molar-refractivity contribution in [2.75, 3.05) is 5.32 Å². The summed E-state index contributed by atoms with van der Waals surface area (Å²) in [7, 11) is 0. The molecule has 1 fully saturated rings. The van der Waals surface area contributed by atoms with Gasteiger partial charge in [-0.15, -0.1) is 0 Å². The molecule has 2 aromatic rings. The predicted octanol–water partition coefficient (Wildman–Crippen LogP) is 1.40. The zero-order valence-corrected chi connectivity index (χ0v) is 9.78. The Balaban J connectivity index is 1.76. The lowest BCUT2D eigenvalue weighted by atomic mass is 9.85. The Hall–Kier alpha value is -2.24. The number of hydrogen-bond acceptors (Lipinski definition) is 4. The summed E-state index contributed by atoms with van der Waals surface area (Å²) in [5, 5.41) is 6.90. The van der Waals surface area contributed by atoms with E-state index in [2.05, 4.69) is 20.4 Å². The highest BCUT2D eigenvalue weighted by Crippen LogP contribution is 2.27. The van der Waals surface area contributed by atoms with Crippen LogP contribution < -0.4 is 5.32 Å². The Kier molecular flexibility index (Phi) is 2.76.